The fourth-order valence-electron chi connectivity index (χ4n) is 3.26. The van der Waals surface area contributed by atoms with Gasteiger partial charge in [0.15, 0.2) is 0 Å². The number of halogens is 5. The number of carbonyl (C=O) groups is 1. The summed E-state index contributed by atoms with van der Waals surface area (Å²) in [4.78, 5) is 18.3. The van der Waals surface area contributed by atoms with Crippen molar-refractivity contribution in [3.05, 3.63) is 63.4 Å². The molecule has 172 valence electrons. The van der Waals surface area contributed by atoms with Crippen LogP contribution in [0.15, 0.2) is 36.5 Å². The Labute approximate surface area is 192 Å². The average molecular weight is 490 g/mol. The third-order valence-corrected chi connectivity index (χ3v) is 5.51. The normalized spacial score (nSPS) is 15.3. The van der Waals surface area contributed by atoms with Crippen molar-refractivity contribution in [2.75, 3.05) is 25.0 Å². The van der Waals surface area contributed by atoms with Crippen molar-refractivity contribution in [1.29, 1.82) is 0 Å². The molecule has 2 amide bonds. The molecule has 1 aliphatic heterocycles. The lowest BCUT2D eigenvalue weighted by atomic mass is 10.0. The molecule has 3 N–H and O–H groups in total. The minimum atomic E-state index is -4.57. The third kappa shape index (κ3) is 5.92. The second kappa shape index (κ2) is 10.1. The molecule has 1 atom stereocenters. The van der Waals surface area contributed by atoms with Crippen molar-refractivity contribution >= 4 is 40.5 Å². The first-order valence-electron chi connectivity index (χ1n) is 9.64. The van der Waals surface area contributed by atoms with Gasteiger partial charge in [-0.05, 0) is 41.8 Å². The molecule has 0 spiro atoms. The molecule has 0 aliphatic carbocycles. The lowest BCUT2D eigenvalue weighted by Gasteiger charge is -2.27. The number of aliphatic hydroxyl groups is 2. The molecule has 0 radical (unpaired) electrons. The monoisotopic (exact) mass is 489 g/mol. The Morgan fingerprint density at radius 3 is 2.56 bits per heavy atom. The Balaban J connectivity index is 1.64. The number of alkyl halides is 3. The van der Waals surface area contributed by atoms with E-state index in [0.717, 1.165) is 23.8 Å². The van der Waals surface area contributed by atoms with Crippen LogP contribution in [0.5, 0.6) is 0 Å². The molecule has 1 aromatic carbocycles. The zero-order chi connectivity index (χ0) is 23.5. The van der Waals surface area contributed by atoms with E-state index in [1.165, 1.54) is 4.90 Å². The van der Waals surface area contributed by atoms with Crippen LogP contribution in [0, 0.1) is 0 Å². The molecule has 3 rings (SSSR count). The summed E-state index contributed by atoms with van der Waals surface area (Å²) in [5, 5.41) is 20.9. The average Bonchev–Trinajstić information content (AvgIpc) is 2.73. The molecule has 11 heteroatoms. The first-order valence-corrected chi connectivity index (χ1v) is 10.4. The molecule has 0 bridgehead atoms. The summed E-state index contributed by atoms with van der Waals surface area (Å²) in [6.45, 7) is 0.259. The largest absolute Gasteiger partial charge is 0.417 e. The van der Waals surface area contributed by atoms with E-state index >= 15 is 0 Å². The first-order chi connectivity index (χ1) is 15.1. The minimum Gasteiger partial charge on any atom is -0.394 e. The molecule has 6 nitrogen and oxygen atoms in total. The number of nitrogens with one attached hydrogen (secondary N) is 1. The van der Waals surface area contributed by atoms with E-state index in [0.29, 0.717) is 29.2 Å². The maximum absolute atomic E-state index is 12.8. The maximum Gasteiger partial charge on any atom is 0.417 e. The summed E-state index contributed by atoms with van der Waals surface area (Å²) in [5.41, 5.74) is 1.31. The second-order valence-corrected chi connectivity index (χ2v) is 8.08. The summed E-state index contributed by atoms with van der Waals surface area (Å²) >= 11 is 12.0. The van der Waals surface area contributed by atoms with Crippen LogP contribution in [0.4, 0.5) is 23.7 Å². The number of benzene rings is 1. The summed E-state index contributed by atoms with van der Waals surface area (Å²) < 4.78 is 38.4. The smallest absolute Gasteiger partial charge is 0.394 e. The fourth-order valence-corrected chi connectivity index (χ4v) is 3.85. The van der Waals surface area contributed by atoms with Gasteiger partial charge in [-0.2, -0.15) is 13.2 Å². The van der Waals surface area contributed by atoms with Gasteiger partial charge in [-0.15, -0.1) is 0 Å². The van der Waals surface area contributed by atoms with Crippen molar-refractivity contribution in [2.24, 2.45) is 0 Å². The third-order valence-electron chi connectivity index (χ3n) is 4.91. The molecular weight excluding hydrogens is 470 g/mol. The van der Waals surface area contributed by atoms with Crippen LogP contribution in [0.25, 0.3) is 5.57 Å². The highest BCUT2D eigenvalue weighted by Gasteiger charge is 2.33. The lowest BCUT2D eigenvalue weighted by molar-refractivity contribution is -0.137. The highest BCUT2D eigenvalue weighted by molar-refractivity contribution is 6.32. The number of aliphatic hydroxyl groups excluding tert-OH is 2. The summed E-state index contributed by atoms with van der Waals surface area (Å²) in [6.07, 6.45) is -1.37. The van der Waals surface area contributed by atoms with Crippen LogP contribution in [0.1, 0.15) is 23.2 Å². The van der Waals surface area contributed by atoms with Crippen LogP contribution < -0.4 is 5.32 Å². The van der Waals surface area contributed by atoms with Crippen molar-refractivity contribution < 1.29 is 28.2 Å². The van der Waals surface area contributed by atoms with E-state index < -0.39 is 28.9 Å². The molecule has 0 saturated heterocycles. The van der Waals surface area contributed by atoms with Crippen molar-refractivity contribution in [3.63, 3.8) is 0 Å². The van der Waals surface area contributed by atoms with Gasteiger partial charge in [0.1, 0.15) is 0 Å². The molecule has 0 saturated carbocycles. The maximum atomic E-state index is 12.8. The predicted molar refractivity (Wildman–Crippen MR) is 116 cm³/mol. The lowest BCUT2D eigenvalue weighted by Crippen LogP contribution is -2.38. The SMILES string of the molecule is O=C(Nc1ccc(C(F)(F)F)c(Cl)c1)N1CC=C(c2ncc(C[C@@H](O)CO)cc2Cl)CC1. The summed E-state index contributed by atoms with van der Waals surface area (Å²) in [6, 6.07) is 4.24. The highest BCUT2D eigenvalue weighted by atomic mass is 35.5. The number of hydrogen-bond donors (Lipinski definition) is 3. The van der Waals surface area contributed by atoms with Gasteiger partial charge >= 0.3 is 12.2 Å². The molecule has 2 heterocycles. The van der Waals surface area contributed by atoms with E-state index in [1.807, 2.05) is 0 Å². The zero-order valence-corrected chi connectivity index (χ0v) is 18.2. The van der Waals surface area contributed by atoms with Gasteiger partial charge in [-0.1, -0.05) is 29.3 Å². The number of carbonyl (C=O) groups excluding carboxylic acids is 1. The van der Waals surface area contributed by atoms with Gasteiger partial charge in [-0.25, -0.2) is 4.79 Å². The Morgan fingerprint density at radius 2 is 2.00 bits per heavy atom. The number of nitrogens with zero attached hydrogens (tertiary/aromatic N) is 2. The van der Waals surface area contributed by atoms with E-state index in [-0.39, 0.29) is 25.3 Å². The quantitative estimate of drug-likeness (QED) is 0.571. The number of urea groups is 1. The van der Waals surface area contributed by atoms with Crippen LogP contribution in [0.2, 0.25) is 10.0 Å². The topological polar surface area (TPSA) is 85.7 Å². The Hall–Kier alpha value is -2.33. The molecule has 0 unspecified atom stereocenters. The molecule has 2 aromatic rings. The van der Waals surface area contributed by atoms with Gasteiger partial charge in [0, 0.05) is 31.4 Å². The van der Waals surface area contributed by atoms with E-state index in [4.69, 9.17) is 28.3 Å². The number of amides is 2. The van der Waals surface area contributed by atoms with Gasteiger partial charge in [0.25, 0.3) is 0 Å². The van der Waals surface area contributed by atoms with E-state index in [1.54, 1.807) is 18.3 Å². The highest BCUT2D eigenvalue weighted by Crippen LogP contribution is 2.36. The van der Waals surface area contributed by atoms with Crippen molar-refractivity contribution in [3.8, 4) is 0 Å². The van der Waals surface area contributed by atoms with Gasteiger partial charge in [0.2, 0.25) is 0 Å². The minimum absolute atomic E-state index is 0.160. The van der Waals surface area contributed by atoms with Crippen LogP contribution in [-0.4, -0.2) is 51.9 Å². The number of rotatable bonds is 5. The number of pyridine rings is 1. The number of anilines is 1. The van der Waals surface area contributed by atoms with E-state index in [9.17, 15) is 23.1 Å². The van der Waals surface area contributed by atoms with Gasteiger partial charge < -0.3 is 20.4 Å². The number of hydrogen-bond acceptors (Lipinski definition) is 4. The van der Waals surface area contributed by atoms with Crippen LogP contribution in [-0.2, 0) is 12.6 Å². The molecular formula is C21H20Cl2F3N3O3. The summed E-state index contributed by atoms with van der Waals surface area (Å²) in [5.74, 6) is 0. The van der Waals surface area contributed by atoms with Crippen LogP contribution >= 0.6 is 23.2 Å². The van der Waals surface area contributed by atoms with Gasteiger partial charge in [0.05, 0.1) is 34.0 Å². The molecule has 32 heavy (non-hydrogen) atoms. The molecule has 1 aromatic heterocycles. The Bertz CT molecular complexity index is 1030. The second-order valence-electron chi connectivity index (χ2n) is 7.26. The van der Waals surface area contributed by atoms with Crippen LogP contribution in [0.3, 0.4) is 0 Å². The number of aromatic nitrogens is 1. The molecule has 1 aliphatic rings. The Morgan fingerprint density at radius 1 is 1.25 bits per heavy atom. The predicted octanol–water partition coefficient (Wildman–Crippen LogP) is 4.62. The fraction of sp³-hybridized carbons (Fsp3) is 0.333. The zero-order valence-electron chi connectivity index (χ0n) is 16.7. The Kier molecular flexibility index (Phi) is 7.66. The summed E-state index contributed by atoms with van der Waals surface area (Å²) in [7, 11) is 0. The first kappa shape index (κ1) is 24.3. The molecule has 0 fully saturated rings. The van der Waals surface area contributed by atoms with Gasteiger partial charge in [-0.3, -0.25) is 4.98 Å². The van der Waals surface area contributed by atoms with Crippen molar-refractivity contribution in [2.45, 2.75) is 25.1 Å². The standard InChI is InChI=1S/C21H20Cl2F3N3O3/c22-17-9-14(1-2-16(17)21(24,25)26)28-20(32)29-5-3-13(4-6-29)19-18(23)8-12(10-27-19)7-15(31)11-30/h1-3,8-10,15,30-31H,4-7,11H2,(H,28,32)/t15-/m1/s1. The van der Waals surface area contributed by atoms with E-state index in [2.05, 4.69) is 10.3 Å². The van der Waals surface area contributed by atoms with Crippen molar-refractivity contribution in [1.82, 2.24) is 9.88 Å².